The summed E-state index contributed by atoms with van der Waals surface area (Å²) in [6, 6.07) is 4.31. The second-order valence-corrected chi connectivity index (χ2v) is 4.93. The quantitative estimate of drug-likeness (QED) is 0.890. The highest BCUT2D eigenvalue weighted by Gasteiger charge is 2.20. The van der Waals surface area contributed by atoms with Gasteiger partial charge in [0, 0.05) is 38.1 Å². The second-order valence-electron chi connectivity index (χ2n) is 4.93. The molecule has 5 heteroatoms. The van der Waals surface area contributed by atoms with Crippen LogP contribution in [0, 0.1) is 6.92 Å². The summed E-state index contributed by atoms with van der Waals surface area (Å²) in [7, 11) is 0. The monoisotopic (exact) mass is 258 g/mol. The lowest BCUT2D eigenvalue weighted by Gasteiger charge is -2.33. The van der Waals surface area contributed by atoms with Gasteiger partial charge in [-0.3, -0.25) is 0 Å². The van der Waals surface area contributed by atoms with E-state index in [1.807, 2.05) is 31.5 Å². The zero-order valence-corrected chi connectivity index (χ0v) is 11.3. The first-order valence-corrected chi connectivity index (χ1v) is 6.60. The van der Waals surface area contributed by atoms with E-state index in [1.54, 1.807) is 0 Å². The third kappa shape index (κ3) is 2.46. The van der Waals surface area contributed by atoms with Gasteiger partial charge in [-0.15, -0.1) is 0 Å². The molecule has 1 aliphatic rings. The van der Waals surface area contributed by atoms with Crippen LogP contribution in [0.1, 0.15) is 12.7 Å². The molecule has 0 spiro atoms. The van der Waals surface area contributed by atoms with Gasteiger partial charge in [0.25, 0.3) is 0 Å². The van der Waals surface area contributed by atoms with E-state index in [9.17, 15) is 0 Å². The van der Waals surface area contributed by atoms with Crippen molar-refractivity contribution in [3.8, 4) is 11.3 Å². The molecule has 1 fully saturated rings. The van der Waals surface area contributed by atoms with Crippen LogP contribution < -0.4 is 10.2 Å². The SMILES string of the molecule is Cc1ccc(-c2cnc(N3CCNCC3C)nc2)o1. The van der Waals surface area contributed by atoms with Crippen LogP contribution in [-0.4, -0.2) is 35.6 Å². The Morgan fingerprint density at radius 2 is 2.11 bits per heavy atom. The second kappa shape index (κ2) is 5.01. The Morgan fingerprint density at radius 1 is 1.32 bits per heavy atom. The van der Waals surface area contributed by atoms with Crippen molar-refractivity contribution in [2.75, 3.05) is 24.5 Å². The van der Waals surface area contributed by atoms with Crippen LogP contribution in [0.4, 0.5) is 5.95 Å². The van der Waals surface area contributed by atoms with Gasteiger partial charge in [-0.2, -0.15) is 0 Å². The molecule has 5 nitrogen and oxygen atoms in total. The van der Waals surface area contributed by atoms with E-state index < -0.39 is 0 Å². The highest BCUT2D eigenvalue weighted by Crippen LogP contribution is 2.22. The number of hydrogen-bond acceptors (Lipinski definition) is 5. The Bertz CT molecular complexity index is 549. The van der Waals surface area contributed by atoms with Gasteiger partial charge in [0.2, 0.25) is 5.95 Å². The minimum absolute atomic E-state index is 0.422. The molecule has 1 unspecified atom stereocenters. The van der Waals surface area contributed by atoms with Crippen LogP contribution in [-0.2, 0) is 0 Å². The molecule has 100 valence electrons. The third-order valence-electron chi connectivity index (χ3n) is 3.42. The Morgan fingerprint density at radius 3 is 2.74 bits per heavy atom. The fourth-order valence-corrected chi connectivity index (χ4v) is 2.32. The normalized spacial score (nSPS) is 19.7. The van der Waals surface area contributed by atoms with E-state index in [0.29, 0.717) is 6.04 Å². The van der Waals surface area contributed by atoms with Crippen molar-refractivity contribution in [1.82, 2.24) is 15.3 Å². The summed E-state index contributed by atoms with van der Waals surface area (Å²) in [6.45, 7) is 7.01. The van der Waals surface area contributed by atoms with Crippen molar-refractivity contribution in [3.05, 3.63) is 30.3 Å². The summed E-state index contributed by atoms with van der Waals surface area (Å²) in [6.07, 6.45) is 3.66. The number of aromatic nitrogens is 2. The summed E-state index contributed by atoms with van der Waals surface area (Å²) < 4.78 is 5.57. The molecule has 3 rings (SSSR count). The molecule has 2 aromatic rings. The van der Waals surface area contributed by atoms with E-state index in [0.717, 1.165) is 42.7 Å². The van der Waals surface area contributed by atoms with E-state index >= 15 is 0 Å². The highest BCUT2D eigenvalue weighted by atomic mass is 16.3. The lowest BCUT2D eigenvalue weighted by molar-refractivity contribution is 0.493. The molecular formula is C14H18N4O. The molecule has 19 heavy (non-hydrogen) atoms. The Kier molecular flexibility index (Phi) is 3.21. The summed E-state index contributed by atoms with van der Waals surface area (Å²) in [5.74, 6) is 2.51. The summed E-state index contributed by atoms with van der Waals surface area (Å²) >= 11 is 0. The Balaban J connectivity index is 1.82. The maximum absolute atomic E-state index is 5.57. The molecule has 0 amide bonds. The molecule has 1 N–H and O–H groups in total. The van der Waals surface area contributed by atoms with E-state index in [-0.39, 0.29) is 0 Å². The van der Waals surface area contributed by atoms with Crippen molar-refractivity contribution < 1.29 is 4.42 Å². The average Bonchev–Trinajstić information content (AvgIpc) is 2.86. The van der Waals surface area contributed by atoms with Crippen LogP contribution in [0.3, 0.4) is 0 Å². The van der Waals surface area contributed by atoms with Gasteiger partial charge >= 0.3 is 0 Å². The molecule has 2 aromatic heterocycles. The predicted octanol–water partition coefficient (Wildman–Crippen LogP) is 1.84. The Labute approximate surface area is 112 Å². The van der Waals surface area contributed by atoms with Crippen LogP contribution in [0.15, 0.2) is 28.9 Å². The number of furan rings is 1. The van der Waals surface area contributed by atoms with Crippen LogP contribution >= 0.6 is 0 Å². The number of anilines is 1. The van der Waals surface area contributed by atoms with Gasteiger partial charge in [0.1, 0.15) is 11.5 Å². The van der Waals surface area contributed by atoms with Crippen molar-refractivity contribution in [2.24, 2.45) is 0 Å². The number of aryl methyl sites for hydroxylation is 1. The first kappa shape index (κ1) is 12.2. The van der Waals surface area contributed by atoms with Gasteiger partial charge < -0.3 is 14.6 Å². The van der Waals surface area contributed by atoms with Crippen molar-refractivity contribution in [3.63, 3.8) is 0 Å². The fraction of sp³-hybridized carbons (Fsp3) is 0.429. The maximum atomic E-state index is 5.57. The molecule has 0 aromatic carbocycles. The number of nitrogens with zero attached hydrogens (tertiary/aromatic N) is 3. The first-order valence-electron chi connectivity index (χ1n) is 6.60. The summed E-state index contributed by atoms with van der Waals surface area (Å²) in [5.41, 5.74) is 0.916. The molecule has 0 saturated carbocycles. The topological polar surface area (TPSA) is 54.2 Å². The van der Waals surface area contributed by atoms with Gasteiger partial charge in [0.15, 0.2) is 0 Å². The first-order chi connectivity index (χ1) is 9.24. The van der Waals surface area contributed by atoms with Crippen LogP contribution in [0.5, 0.6) is 0 Å². The summed E-state index contributed by atoms with van der Waals surface area (Å²) in [4.78, 5) is 11.2. The maximum Gasteiger partial charge on any atom is 0.225 e. The Hall–Kier alpha value is -1.88. The fourth-order valence-electron chi connectivity index (χ4n) is 2.32. The van der Waals surface area contributed by atoms with E-state index in [1.165, 1.54) is 0 Å². The van der Waals surface area contributed by atoms with Crippen molar-refractivity contribution >= 4 is 5.95 Å². The predicted molar refractivity (Wildman–Crippen MR) is 74.1 cm³/mol. The van der Waals surface area contributed by atoms with Gasteiger partial charge in [0.05, 0.1) is 5.56 Å². The van der Waals surface area contributed by atoms with E-state index in [2.05, 4.69) is 27.1 Å². The van der Waals surface area contributed by atoms with Crippen molar-refractivity contribution in [2.45, 2.75) is 19.9 Å². The van der Waals surface area contributed by atoms with Gasteiger partial charge in [-0.25, -0.2) is 9.97 Å². The number of hydrogen-bond donors (Lipinski definition) is 1. The van der Waals surface area contributed by atoms with Gasteiger partial charge in [-0.05, 0) is 26.0 Å². The van der Waals surface area contributed by atoms with Crippen LogP contribution in [0.25, 0.3) is 11.3 Å². The zero-order chi connectivity index (χ0) is 13.2. The third-order valence-corrected chi connectivity index (χ3v) is 3.42. The molecule has 3 heterocycles. The number of nitrogens with one attached hydrogen (secondary N) is 1. The van der Waals surface area contributed by atoms with E-state index in [4.69, 9.17) is 4.42 Å². The standard InChI is InChI=1S/C14H18N4O/c1-10-7-15-5-6-18(10)14-16-8-12(9-17-14)13-4-3-11(2)19-13/h3-4,8-10,15H,5-7H2,1-2H3. The molecule has 0 aliphatic carbocycles. The molecular weight excluding hydrogens is 240 g/mol. The largest absolute Gasteiger partial charge is 0.461 e. The molecule has 1 saturated heterocycles. The molecule has 0 radical (unpaired) electrons. The van der Waals surface area contributed by atoms with Crippen LogP contribution in [0.2, 0.25) is 0 Å². The number of piperazine rings is 1. The molecule has 1 aliphatic heterocycles. The zero-order valence-electron chi connectivity index (χ0n) is 11.3. The average molecular weight is 258 g/mol. The van der Waals surface area contributed by atoms with Gasteiger partial charge in [-0.1, -0.05) is 0 Å². The molecule has 0 bridgehead atoms. The minimum atomic E-state index is 0.422. The lowest BCUT2D eigenvalue weighted by Crippen LogP contribution is -2.50. The number of rotatable bonds is 2. The highest BCUT2D eigenvalue weighted by molar-refractivity contribution is 5.56. The summed E-state index contributed by atoms with van der Waals surface area (Å²) in [5, 5.41) is 3.36. The minimum Gasteiger partial charge on any atom is -0.461 e. The lowest BCUT2D eigenvalue weighted by atomic mass is 10.2. The molecule has 1 atom stereocenters. The smallest absolute Gasteiger partial charge is 0.225 e. The van der Waals surface area contributed by atoms with Crippen molar-refractivity contribution in [1.29, 1.82) is 0 Å².